The molecule has 1 nitrogen and oxygen atoms in total. The first-order valence-electron chi connectivity index (χ1n) is 4.23. The van der Waals surface area contributed by atoms with Gasteiger partial charge < -0.3 is 5.73 Å². The van der Waals surface area contributed by atoms with Crippen LogP contribution in [0.3, 0.4) is 0 Å². The Kier molecular flexibility index (Phi) is 1.92. The third-order valence-corrected chi connectivity index (χ3v) is 4.26. The van der Waals surface area contributed by atoms with E-state index in [0.717, 1.165) is 23.6 Å². The van der Waals surface area contributed by atoms with Crippen LogP contribution in [0, 0.1) is 11.8 Å². The summed E-state index contributed by atoms with van der Waals surface area (Å²) >= 11 is 2.18. The van der Waals surface area contributed by atoms with Gasteiger partial charge in [0.05, 0.1) is 0 Å². The fourth-order valence-corrected chi connectivity index (χ4v) is 3.49. The van der Waals surface area contributed by atoms with E-state index in [9.17, 15) is 0 Å². The molecule has 0 radical (unpaired) electrons. The third-order valence-electron chi connectivity index (χ3n) is 2.72. The van der Waals surface area contributed by atoms with Crippen molar-refractivity contribution in [1.29, 1.82) is 0 Å². The smallest absolute Gasteiger partial charge is 0.00788 e. The Morgan fingerprint density at radius 2 is 2.40 bits per heavy atom. The van der Waals surface area contributed by atoms with Crippen LogP contribution in [0.1, 0.15) is 19.3 Å². The van der Waals surface area contributed by atoms with Gasteiger partial charge in [0.1, 0.15) is 0 Å². The number of hydrogen-bond donors (Lipinski definition) is 1. The van der Waals surface area contributed by atoms with Gasteiger partial charge in [0.25, 0.3) is 0 Å². The van der Waals surface area contributed by atoms with Gasteiger partial charge in [-0.15, -0.1) is 0 Å². The maximum absolute atomic E-state index is 5.58. The quantitative estimate of drug-likeness (QED) is 0.657. The lowest BCUT2D eigenvalue weighted by atomic mass is 10.1. The lowest BCUT2D eigenvalue weighted by Gasteiger charge is -2.05. The Morgan fingerprint density at radius 3 is 2.90 bits per heavy atom. The molecule has 58 valence electrons. The maximum atomic E-state index is 5.58. The zero-order valence-electron chi connectivity index (χ0n) is 6.25. The third kappa shape index (κ3) is 1.19. The zero-order chi connectivity index (χ0) is 6.97. The number of hydrogen-bond acceptors (Lipinski definition) is 2. The Morgan fingerprint density at radius 1 is 1.50 bits per heavy atom. The van der Waals surface area contributed by atoms with Crippen LogP contribution < -0.4 is 5.73 Å². The molecular weight excluding hydrogens is 142 g/mol. The Labute approximate surface area is 66.7 Å². The van der Waals surface area contributed by atoms with E-state index in [1.807, 2.05) is 0 Å². The van der Waals surface area contributed by atoms with Crippen molar-refractivity contribution in [3.63, 3.8) is 0 Å². The molecule has 2 heteroatoms. The normalized spacial score (nSPS) is 45.9. The summed E-state index contributed by atoms with van der Waals surface area (Å²) in [7, 11) is 0. The average Bonchev–Trinajstić information content (AvgIpc) is 2.56. The van der Waals surface area contributed by atoms with Gasteiger partial charge in [-0.1, -0.05) is 0 Å². The van der Waals surface area contributed by atoms with Crippen molar-refractivity contribution < 1.29 is 0 Å². The van der Waals surface area contributed by atoms with E-state index < -0.39 is 0 Å². The molecule has 1 saturated heterocycles. The molecule has 1 heterocycles. The monoisotopic (exact) mass is 157 g/mol. The summed E-state index contributed by atoms with van der Waals surface area (Å²) in [6.45, 7) is 0.932. The minimum absolute atomic E-state index is 0.899. The molecule has 1 unspecified atom stereocenters. The molecule has 10 heavy (non-hydrogen) atoms. The summed E-state index contributed by atoms with van der Waals surface area (Å²) in [4.78, 5) is 0. The van der Waals surface area contributed by atoms with E-state index in [0.29, 0.717) is 0 Å². The molecule has 0 aromatic rings. The molecule has 1 aliphatic carbocycles. The zero-order valence-corrected chi connectivity index (χ0v) is 7.07. The maximum Gasteiger partial charge on any atom is 0.00788 e. The minimum Gasteiger partial charge on any atom is -0.330 e. The molecule has 0 bridgehead atoms. The first-order chi connectivity index (χ1) is 4.92. The summed E-state index contributed by atoms with van der Waals surface area (Å²) < 4.78 is 0. The Bertz CT molecular complexity index is 120. The van der Waals surface area contributed by atoms with Gasteiger partial charge >= 0.3 is 0 Å². The van der Waals surface area contributed by atoms with Crippen LogP contribution in [0.15, 0.2) is 0 Å². The molecule has 2 fully saturated rings. The molecule has 0 aromatic carbocycles. The van der Waals surface area contributed by atoms with Crippen molar-refractivity contribution in [2.45, 2.75) is 24.5 Å². The van der Waals surface area contributed by atoms with Gasteiger partial charge in [0.15, 0.2) is 0 Å². The second-order valence-corrected chi connectivity index (χ2v) is 4.79. The summed E-state index contributed by atoms with van der Waals surface area (Å²) in [5.74, 6) is 3.31. The highest BCUT2D eigenvalue weighted by molar-refractivity contribution is 8.00. The molecular formula is C8H15NS. The van der Waals surface area contributed by atoms with E-state index in [1.165, 1.54) is 25.0 Å². The number of rotatable bonds is 2. The van der Waals surface area contributed by atoms with Crippen molar-refractivity contribution in [2.75, 3.05) is 12.3 Å². The van der Waals surface area contributed by atoms with Crippen molar-refractivity contribution in [3.8, 4) is 0 Å². The van der Waals surface area contributed by atoms with Gasteiger partial charge in [0.2, 0.25) is 0 Å². The Hall–Kier alpha value is 0.310. The lowest BCUT2D eigenvalue weighted by molar-refractivity contribution is 0.644. The summed E-state index contributed by atoms with van der Waals surface area (Å²) in [5.41, 5.74) is 5.58. The first-order valence-corrected chi connectivity index (χ1v) is 5.28. The van der Waals surface area contributed by atoms with Gasteiger partial charge in [-0.25, -0.2) is 0 Å². The molecule has 0 amide bonds. The largest absolute Gasteiger partial charge is 0.330 e. The summed E-state index contributed by atoms with van der Waals surface area (Å²) in [6, 6.07) is 0. The number of thioether (sulfide) groups is 1. The highest BCUT2D eigenvalue weighted by atomic mass is 32.2. The SMILES string of the molecule is NC[C@@H]1C[C@H]1C1CCCS1. The van der Waals surface area contributed by atoms with Crippen LogP contribution in [-0.2, 0) is 0 Å². The van der Waals surface area contributed by atoms with Crippen LogP contribution >= 0.6 is 11.8 Å². The van der Waals surface area contributed by atoms with E-state index in [2.05, 4.69) is 11.8 Å². The first kappa shape index (κ1) is 6.99. The van der Waals surface area contributed by atoms with Crippen LogP contribution in [0.5, 0.6) is 0 Å². The second kappa shape index (κ2) is 2.74. The molecule has 2 rings (SSSR count). The fourth-order valence-electron chi connectivity index (χ4n) is 1.94. The van der Waals surface area contributed by atoms with E-state index in [4.69, 9.17) is 5.73 Å². The molecule has 0 spiro atoms. The van der Waals surface area contributed by atoms with Crippen LogP contribution in [-0.4, -0.2) is 17.5 Å². The predicted octanol–water partition coefficient (Wildman–Crippen LogP) is 1.48. The van der Waals surface area contributed by atoms with E-state index in [1.54, 1.807) is 0 Å². The van der Waals surface area contributed by atoms with E-state index in [-0.39, 0.29) is 0 Å². The molecule has 2 aliphatic rings. The molecule has 3 atom stereocenters. The lowest BCUT2D eigenvalue weighted by Crippen LogP contribution is -2.08. The predicted molar refractivity (Wildman–Crippen MR) is 46.1 cm³/mol. The molecule has 1 aliphatic heterocycles. The van der Waals surface area contributed by atoms with Crippen LogP contribution in [0.25, 0.3) is 0 Å². The average molecular weight is 157 g/mol. The van der Waals surface area contributed by atoms with Crippen molar-refractivity contribution in [3.05, 3.63) is 0 Å². The van der Waals surface area contributed by atoms with E-state index >= 15 is 0 Å². The molecule has 1 saturated carbocycles. The molecule has 2 N–H and O–H groups in total. The van der Waals surface area contributed by atoms with Crippen molar-refractivity contribution in [1.82, 2.24) is 0 Å². The topological polar surface area (TPSA) is 26.0 Å². The highest BCUT2D eigenvalue weighted by Crippen LogP contribution is 2.48. The van der Waals surface area contributed by atoms with Crippen LogP contribution in [0.4, 0.5) is 0 Å². The van der Waals surface area contributed by atoms with Crippen molar-refractivity contribution in [2.24, 2.45) is 17.6 Å². The van der Waals surface area contributed by atoms with Crippen LogP contribution in [0.2, 0.25) is 0 Å². The van der Waals surface area contributed by atoms with Crippen molar-refractivity contribution >= 4 is 11.8 Å². The molecule has 0 aromatic heterocycles. The van der Waals surface area contributed by atoms with Gasteiger partial charge in [-0.05, 0) is 43.4 Å². The Balaban J connectivity index is 1.79. The minimum atomic E-state index is 0.899. The number of nitrogens with two attached hydrogens (primary N) is 1. The standard InChI is InChI=1S/C8H15NS/c9-5-6-4-7(6)8-2-1-3-10-8/h6-8H,1-5,9H2/t6-,7+,8?/m0/s1. The van der Waals surface area contributed by atoms with Gasteiger partial charge in [0, 0.05) is 5.25 Å². The fraction of sp³-hybridized carbons (Fsp3) is 1.00. The van der Waals surface area contributed by atoms with Gasteiger partial charge in [-0.3, -0.25) is 0 Å². The summed E-state index contributed by atoms with van der Waals surface area (Å²) in [5, 5.41) is 0.994. The van der Waals surface area contributed by atoms with Gasteiger partial charge in [-0.2, -0.15) is 11.8 Å². The highest BCUT2D eigenvalue weighted by Gasteiger charge is 2.42. The second-order valence-electron chi connectivity index (χ2n) is 3.45. The summed E-state index contributed by atoms with van der Waals surface area (Å²) in [6.07, 6.45) is 4.34.